The zero-order chi connectivity index (χ0) is 18.9. The van der Waals surface area contributed by atoms with Crippen LogP contribution < -0.4 is 5.43 Å². The molecule has 3 nitrogen and oxygen atoms in total. The highest BCUT2D eigenvalue weighted by molar-refractivity contribution is 6.30. The van der Waals surface area contributed by atoms with Gasteiger partial charge in [0.1, 0.15) is 0 Å². The van der Waals surface area contributed by atoms with Crippen molar-refractivity contribution in [3.63, 3.8) is 0 Å². The van der Waals surface area contributed by atoms with Crippen LogP contribution in [0.5, 0.6) is 0 Å². The monoisotopic (exact) mass is 381 g/mol. The molecule has 1 saturated heterocycles. The van der Waals surface area contributed by atoms with Gasteiger partial charge in [-0.2, -0.15) is 5.10 Å². The van der Waals surface area contributed by atoms with Crippen molar-refractivity contribution in [1.29, 1.82) is 0 Å². The second kappa shape index (κ2) is 7.65. The topological polar surface area (TPSA) is 27.6 Å². The molecule has 0 bridgehead atoms. The molecule has 0 amide bonds. The van der Waals surface area contributed by atoms with Gasteiger partial charge >= 0.3 is 0 Å². The van der Waals surface area contributed by atoms with E-state index in [9.17, 15) is 0 Å². The van der Waals surface area contributed by atoms with E-state index in [1.807, 2.05) is 18.3 Å². The average Bonchev–Trinajstić information content (AvgIpc) is 2.70. The second-order valence-electron chi connectivity index (χ2n) is 8.16. The number of hydrogen-bond acceptors (Lipinski definition) is 3. The van der Waals surface area contributed by atoms with Crippen molar-refractivity contribution in [2.75, 3.05) is 20.1 Å². The Labute approximate surface area is 167 Å². The lowest BCUT2D eigenvalue weighted by Crippen LogP contribution is -2.41. The van der Waals surface area contributed by atoms with Gasteiger partial charge in [-0.15, -0.1) is 0 Å². The van der Waals surface area contributed by atoms with Crippen molar-refractivity contribution in [3.8, 4) is 0 Å². The molecule has 0 aliphatic carbocycles. The smallest absolute Gasteiger partial charge is 0.0421 e. The maximum Gasteiger partial charge on any atom is 0.0421 e. The molecule has 4 rings (SSSR count). The largest absolute Gasteiger partial charge is 0.308 e. The van der Waals surface area contributed by atoms with E-state index in [1.54, 1.807) is 0 Å². The molecule has 2 aromatic rings. The normalized spacial score (nSPS) is 25.1. The molecular weight excluding hydrogens is 354 g/mol. The number of hydrazone groups is 1. The van der Waals surface area contributed by atoms with Gasteiger partial charge in [-0.25, -0.2) is 0 Å². The summed E-state index contributed by atoms with van der Waals surface area (Å²) >= 11 is 6.16. The van der Waals surface area contributed by atoms with E-state index in [-0.39, 0.29) is 5.41 Å². The fraction of sp³-hybridized carbons (Fsp3) is 0.435. The Morgan fingerprint density at radius 3 is 2.19 bits per heavy atom. The van der Waals surface area contributed by atoms with E-state index in [0.29, 0.717) is 12.0 Å². The second-order valence-corrected chi connectivity index (χ2v) is 8.60. The average molecular weight is 382 g/mol. The van der Waals surface area contributed by atoms with Crippen LogP contribution in [0.1, 0.15) is 48.8 Å². The van der Waals surface area contributed by atoms with Gasteiger partial charge in [0.25, 0.3) is 0 Å². The summed E-state index contributed by atoms with van der Waals surface area (Å²) in [4.78, 5) is 2.43. The summed E-state index contributed by atoms with van der Waals surface area (Å²) in [6.07, 6.45) is 5.40. The van der Waals surface area contributed by atoms with Crippen molar-refractivity contribution in [2.24, 2.45) is 5.10 Å². The van der Waals surface area contributed by atoms with Crippen LogP contribution in [0.2, 0.25) is 5.02 Å². The minimum atomic E-state index is 0.0745. The fourth-order valence-corrected chi connectivity index (χ4v) is 4.67. The molecule has 1 N–H and O–H groups in total. The summed E-state index contributed by atoms with van der Waals surface area (Å²) in [5.41, 5.74) is 7.36. The van der Waals surface area contributed by atoms with Gasteiger partial charge in [0.05, 0.1) is 0 Å². The zero-order valence-corrected chi connectivity index (χ0v) is 16.9. The zero-order valence-electron chi connectivity index (χ0n) is 16.2. The Kier molecular flexibility index (Phi) is 5.25. The SMILES string of the molecule is CC1CC(c2ccc(C3(c4ccc(Cl)cc4)CCN(C)CC3)cc2)C=NN1. The molecule has 142 valence electrons. The van der Waals surface area contributed by atoms with E-state index in [4.69, 9.17) is 11.6 Å². The van der Waals surface area contributed by atoms with E-state index < -0.39 is 0 Å². The van der Waals surface area contributed by atoms with Crippen molar-refractivity contribution >= 4 is 17.8 Å². The Bertz CT molecular complexity index is 789. The van der Waals surface area contributed by atoms with Crippen LogP contribution in [-0.4, -0.2) is 37.3 Å². The predicted molar refractivity (Wildman–Crippen MR) is 114 cm³/mol. The van der Waals surface area contributed by atoms with E-state index in [0.717, 1.165) is 37.4 Å². The van der Waals surface area contributed by atoms with Crippen LogP contribution in [-0.2, 0) is 5.41 Å². The highest BCUT2D eigenvalue weighted by atomic mass is 35.5. The van der Waals surface area contributed by atoms with Gasteiger partial charge < -0.3 is 10.3 Å². The van der Waals surface area contributed by atoms with Crippen molar-refractivity contribution in [2.45, 2.75) is 43.6 Å². The fourth-order valence-electron chi connectivity index (χ4n) is 4.54. The molecule has 4 heteroatoms. The minimum absolute atomic E-state index is 0.0745. The molecule has 27 heavy (non-hydrogen) atoms. The molecule has 0 spiro atoms. The number of piperidine rings is 1. The highest BCUT2D eigenvalue weighted by Crippen LogP contribution is 2.42. The van der Waals surface area contributed by atoms with Gasteiger partial charge in [-0.1, -0.05) is 48.0 Å². The molecule has 2 atom stereocenters. The summed E-state index contributed by atoms with van der Waals surface area (Å²) in [7, 11) is 2.21. The van der Waals surface area contributed by atoms with Crippen LogP contribution in [0.25, 0.3) is 0 Å². The lowest BCUT2D eigenvalue weighted by atomic mass is 9.68. The quantitative estimate of drug-likeness (QED) is 0.826. The third-order valence-electron chi connectivity index (χ3n) is 6.29. The lowest BCUT2D eigenvalue weighted by Gasteiger charge is -2.42. The highest BCUT2D eigenvalue weighted by Gasteiger charge is 2.37. The van der Waals surface area contributed by atoms with E-state index >= 15 is 0 Å². The van der Waals surface area contributed by atoms with Crippen LogP contribution in [0.15, 0.2) is 53.6 Å². The number of nitrogens with one attached hydrogen (secondary N) is 1. The maximum absolute atomic E-state index is 6.16. The number of benzene rings is 2. The van der Waals surface area contributed by atoms with Crippen LogP contribution >= 0.6 is 11.6 Å². The molecule has 0 aromatic heterocycles. The molecule has 2 heterocycles. The summed E-state index contributed by atoms with van der Waals surface area (Å²) in [5.74, 6) is 0.402. The van der Waals surface area contributed by atoms with Crippen molar-refractivity contribution in [3.05, 3.63) is 70.2 Å². The summed E-state index contributed by atoms with van der Waals surface area (Å²) in [6, 6.07) is 18.2. The molecule has 2 aliphatic rings. The first-order valence-electron chi connectivity index (χ1n) is 9.90. The van der Waals surface area contributed by atoms with Crippen molar-refractivity contribution < 1.29 is 0 Å². The third-order valence-corrected chi connectivity index (χ3v) is 6.54. The number of nitrogens with zero attached hydrogens (tertiary/aromatic N) is 2. The minimum Gasteiger partial charge on any atom is -0.308 e. The summed E-state index contributed by atoms with van der Waals surface area (Å²) in [5, 5.41) is 5.12. The van der Waals surface area contributed by atoms with E-state index in [1.165, 1.54) is 16.7 Å². The first-order chi connectivity index (χ1) is 13.1. The van der Waals surface area contributed by atoms with Gasteiger partial charge in [-0.05, 0) is 75.1 Å². The van der Waals surface area contributed by atoms with Gasteiger partial charge in [0.2, 0.25) is 0 Å². The number of halogens is 1. The molecule has 2 unspecified atom stereocenters. The molecular formula is C23H28ClN3. The Hall–Kier alpha value is -1.84. The Balaban J connectivity index is 1.67. The maximum atomic E-state index is 6.16. The van der Waals surface area contributed by atoms with Gasteiger partial charge in [0, 0.05) is 28.6 Å². The Morgan fingerprint density at radius 2 is 1.59 bits per heavy atom. The van der Waals surface area contributed by atoms with Crippen LogP contribution in [0.3, 0.4) is 0 Å². The van der Waals surface area contributed by atoms with Crippen molar-refractivity contribution in [1.82, 2.24) is 10.3 Å². The molecule has 1 fully saturated rings. The number of hydrogen-bond donors (Lipinski definition) is 1. The number of likely N-dealkylation sites (tertiary alicyclic amines) is 1. The molecule has 0 radical (unpaired) electrons. The first-order valence-corrected chi connectivity index (χ1v) is 10.3. The van der Waals surface area contributed by atoms with Gasteiger partial charge in [0.15, 0.2) is 0 Å². The Morgan fingerprint density at radius 1 is 1.00 bits per heavy atom. The van der Waals surface area contributed by atoms with Crippen LogP contribution in [0.4, 0.5) is 0 Å². The number of rotatable bonds is 3. The first kappa shape index (κ1) is 18.5. The molecule has 2 aliphatic heterocycles. The standard InChI is InChI=1S/C23H28ClN3/c1-17-15-19(16-25-26-17)18-3-5-20(6-4-18)23(11-13-27(2)14-12-23)21-7-9-22(24)10-8-21/h3-10,16-17,19,26H,11-15H2,1-2H3. The summed E-state index contributed by atoms with van der Waals surface area (Å²) in [6.45, 7) is 4.41. The van der Waals surface area contributed by atoms with E-state index in [2.05, 4.69) is 65.8 Å². The summed E-state index contributed by atoms with van der Waals surface area (Å²) < 4.78 is 0. The third kappa shape index (κ3) is 3.76. The van der Waals surface area contributed by atoms with Crippen LogP contribution in [0, 0.1) is 0 Å². The molecule has 2 aromatic carbocycles. The lowest BCUT2D eigenvalue weighted by molar-refractivity contribution is 0.213. The van der Waals surface area contributed by atoms with Gasteiger partial charge in [-0.3, -0.25) is 0 Å². The predicted octanol–water partition coefficient (Wildman–Crippen LogP) is 4.80. The molecule has 0 saturated carbocycles.